The third kappa shape index (κ3) is 6.83. The Morgan fingerprint density at radius 3 is 2.60 bits per heavy atom. The number of nitrogens with zero attached hydrogens (tertiary/aromatic N) is 2. The lowest BCUT2D eigenvalue weighted by Crippen LogP contribution is -2.53. The molecule has 0 bridgehead atoms. The Bertz CT molecular complexity index is 1360. The molecule has 3 aromatic carbocycles. The number of amides is 1. The van der Waals surface area contributed by atoms with Gasteiger partial charge >= 0.3 is 11.7 Å². The van der Waals surface area contributed by atoms with Gasteiger partial charge in [-0.25, -0.2) is 4.79 Å². The summed E-state index contributed by atoms with van der Waals surface area (Å²) in [5.41, 5.74) is 4.58. The van der Waals surface area contributed by atoms with E-state index in [0.29, 0.717) is 18.5 Å². The minimum atomic E-state index is -1.38. The quantitative estimate of drug-likeness (QED) is 0.241. The maximum atomic E-state index is 12.8. The summed E-state index contributed by atoms with van der Waals surface area (Å²) >= 11 is 0. The average molecular weight is 548 g/mol. The van der Waals surface area contributed by atoms with Gasteiger partial charge in [-0.15, -0.1) is 0 Å². The number of rotatable bonds is 11. The summed E-state index contributed by atoms with van der Waals surface area (Å²) in [5.74, 6) is -1.64. The number of likely N-dealkylation sites (tertiary alicyclic amines) is 1. The van der Waals surface area contributed by atoms with E-state index in [0.717, 1.165) is 35.1 Å². The van der Waals surface area contributed by atoms with Gasteiger partial charge in [-0.05, 0) is 60.2 Å². The molecule has 40 heavy (non-hydrogen) atoms. The molecule has 1 saturated heterocycles. The SMILES string of the molecule is Cc1c(COc2ccc(CN3CCCCC3C(=O)N[C@@H](CO)C(=O)O)cc2[N+](=O)[O-])cccc1-c1ccccc1. The number of aliphatic hydroxyl groups excluding tert-OH is 1. The molecule has 10 nitrogen and oxygen atoms in total. The second kappa shape index (κ2) is 13.2. The summed E-state index contributed by atoms with van der Waals surface area (Å²) < 4.78 is 5.94. The number of hydrogen-bond acceptors (Lipinski definition) is 7. The third-order valence-corrected chi connectivity index (χ3v) is 7.23. The smallest absolute Gasteiger partial charge is 0.328 e. The molecule has 1 unspecified atom stereocenters. The fraction of sp³-hybridized carbons (Fsp3) is 0.333. The van der Waals surface area contributed by atoms with E-state index < -0.39 is 35.5 Å². The van der Waals surface area contributed by atoms with Crippen LogP contribution in [0.25, 0.3) is 11.1 Å². The Hall–Kier alpha value is -4.28. The highest BCUT2D eigenvalue weighted by Crippen LogP contribution is 2.32. The summed E-state index contributed by atoms with van der Waals surface area (Å²) in [6, 6.07) is 18.7. The Kier molecular flexibility index (Phi) is 9.47. The minimum Gasteiger partial charge on any atom is -0.482 e. The number of hydrogen-bond donors (Lipinski definition) is 3. The lowest BCUT2D eigenvalue weighted by Gasteiger charge is -2.35. The first-order chi connectivity index (χ1) is 19.3. The second-order valence-corrected chi connectivity index (χ2v) is 9.87. The molecular weight excluding hydrogens is 514 g/mol. The van der Waals surface area contributed by atoms with Crippen LogP contribution in [0.2, 0.25) is 0 Å². The molecule has 3 N–H and O–H groups in total. The zero-order valence-corrected chi connectivity index (χ0v) is 22.3. The van der Waals surface area contributed by atoms with Crippen LogP contribution in [0.3, 0.4) is 0 Å². The van der Waals surface area contributed by atoms with Crippen LogP contribution >= 0.6 is 0 Å². The topological polar surface area (TPSA) is 142 Å². The molecule has 0 radical (unpaired) electrons. The summed E-state index contributed by atoms with van der Waals surface area (Å²) in [4.78, 5) is 37.4. The summed E-state index contributed by atoms with van der Waals surface area (Å²) in [5, 5.41) is 32.8. The first kappa shape index (κ1) is 28.7. The van der Waals surface area contributed by atoms with Gasteiger partial charge in [-0.3, -0.25) is 19.8 Å². The Morgan fingerprint density at radius 2 is 1.90 bits per heavy atom. The number of carboxylic acids is 1. The molecule has 1 aliphatic rings. The highest BCUT2D eigenvalue weighted by atomic mass is 16.6. The molecule has 0 spiro atoms. The van der Waals surface area contributed by atoms with Crippen molar-refractivity contribution in [3.8, 4) is 16.9 Å². The van der Waals surface area contributed by atoms with E-state index in [1.807, 2.05) is 60.4 Å². The number of aliphatic carboxylic acids is 1. The van der Waals surface area contributed by atoms with Crippen molar-refractivity contribution >= 4 is 17.6 Å². The van der Waals surface area contributed by atoms with Crippen LogP contribution in [0.15, 0.2) is 66.7 Å². The van der Waals surface area contributed by atoms with E-state index in [9.17, 15) is 24.8 Å². The average Bonchev–Trinajstić information content (AvgIpc) is 2.96. The normalized spacial score (nSPS) is 16.2. The Morgan fingerprint density at radius 1 is 1.12 bits per heavy atom. The number of carbonyl (C=O) groups excluding carboxylic acids is 1. The number of aliphatic hydroxyl groups is 1. The predicted octanol–water partition coefficient (Wildman–Crippen LogP) is 4.07. The molecule has 1 heterocycles. The summed E-state index contributed by atoms with van der Waals surface area (Å²) in [6.07, 6.45) is 2.16. The van der Waals surface area contributed by atoms with Crippen molar-refractivity contribution in [3.05, 3.63) is 93.5 Å². The maximum Gasteiger partial charge on any atom is 0.328 e. The van der Waals surface area contributed by atoms with E-state index >= 15 is 0 Å². The van der Waals surface area contributed by atoms with Gasteiger partial charge in [0.2, 0.25) is 5.91 Å². The molecule has 3 aromatic rings. The molecule has 10 heteroatoms. The first-order valence-electron chi connectivity index (χ1n) is 13.2. The van der Waals surface area contributed by atoms with E-state index in [1.54, 1.807) is 12.1 Å². The van der Waals surface area contributed by atoms with Crippen molar-refractivity contribution in [2.45, 2.75) is 51.4 Å². The van der Waals surface area contributed by atoms with Crippen LogP contribution in [0.5, 0.6) is 5.75 Å². The van der Waals surface area contributed by atoms with Gasteiger partial charge in [0.15, 0.2) is 5.75 Å². The van der Waals surface area contributed by atoms with Crippen LogP contribution in [0.1, 0.15) is 36.0 Å². The molecule has 1 aliphatic heterocycles. The molecule has 1 fully saturated rings. The lowest BCUT2D eigenvalue weighted by atomic mass is 9.97. The zero-order chi connectivity index (χ0) is 28.6. The molecule has 0 aromatic heterocycles. The van der Waals surface area contributed by atoms with Gasteiger partial charge in [0.1, 0.15) is 12.6 Å². The molecule has 4 rings (SSSR count). The van der Waals surface area contributed by atoms with Gasteiger partial charge in [-0.2, -0.15) is 0 Å². The third-order valence-electron chi connectivity index (χ3n) is 7.23. The highest BCUT2D eigenvalue weighted by Gasteiger charge is 2.31. The number of ether oxygens (including phenoxy) is 1. The van der Waals surface area contributed by atoms with Crippen molar-refractivity contribution in [3.63, 3.8) is 0 Å². The van der Waals surface area contributed by atoms with Crippen LogP contribution in [-0.4, -0.2) is 57.1 Å². The zero-order valence-electron chi connectivity index (χ0n) is 22.3. The van der Waals surface area contributed by atoms with Gasteiger partial charge in [0.05, 0.1) is 17.6 Å². The minimum absolute atomic E-state index is 0.151. The van der Waals surface area contributed by atoms with Crippen molar-refractivity contribution in [2.75, 3.05) is 13.2 Å². The fourth-order valence-corrected chi connectivity index (χ4v) is 5.02. The lowest BCUT2D eigenvalue weighted by molar-refractivity contribution is -0.386. The van der Waals surface area contributed by atoms with Crippen molar-refractivity contribution < 1.29 is 29.5 Å². The summed E-state index contributed by atoms with van der Waals surface area (Å²) in [6.45, 7) is 2.31. The van der Waals surface area contributed by atoms with E-state index in [4.69, 9.17) is 9.84 Å². The van der Waals surface area contributed by atoms with Crippen LogP contribution < -0.4 is 10.1 Å². The van der Waals surface area contributed by atoms with Crippen LogP contribution in [0, 0.1) is 17.0 Å². The molecule has 0 saturated carbocycles. The number of nitro benzene ring substituents is 1. The first-order valence-corrected chi connectivity index (χ1v) is 13.2. The molecule has 2 atom stereocenters. The molecule has 210 valence electrons. The largest absolute Gasteiger partial charge is 0.482 e. The number of nitro groups is 1. The number of nitrogens with one attached hydrogen (secondary N) is 1. The second-order valence-electron chi connectivity index (χ2n) is 9.87. The van der Waals surface area contributed by atoms with Crippen molar-refractivity contribution in [1.82, 2.24) is 10.2 Å². The maximum absolute atomic E-state index is 12.8. The standard InChI is InChI=1S/C30H33N3O7/c1-20-23(10-7-11-24(20)22-8-3-2-4-9-22)19-40-28-14-13-21(16-27(28)33(38)39)17-32-15-6-5-12-26(32)29(35)31-25(18-34)30(36)37/h2-4,7-11,13-14,16,25-26,34H,5-6,12,15,17-19H2,1H3,(H,31,35)(H,36,37)/t25-,26?/m0/s1. The molecule has 1 amide bonds. The van der Waals surface area contributed by atoms with E-state index in [1.165, 1.54) is 6.07 Å². The predicted molar refractivity (Wildman–Crippen MR) is 149 cm³/mol. The highest BCUT2D eigenvalue weighted by molar-refractivity contribution is 5.87. The number of benzene rings is 3. The number of carbonyl (C=O) groups is 2. The van der Waals surface area contributed by atoms with Crippen LogP contribution in [0.4, 0.5) is 5.69 Å². The van der Waals surface area contributed by atoms with E-state index in [-0.39, 0.29) is 24.6 Å². The Labute approximate surface area is 232 Å². The van der Waals surface area contributed by atoms with Crippen molar-refractivity contribution in [1.29, 1.82) is 0 Å². The number of piperidine rings is 1. The monoisotopic (exact) mass is 547 g/mol. The van der Waals surface area contributed by atoms with Gasteiger partial charge in [0, 0.05) is 12.6 Å². The van der Waals surface area contributed by atoms with Gasteiger partial charge < -0.3 is 20.3 Å². The van der Waals surface area contributed by atoms with Crippen LogP contribution in [-0.2, 0) is 22.7 Å². The Balaban J connectivity index is 1.49. The fourth-order valence-electron chi connectivity index (χ4n) is 5.02. The number of carboxylic acid groups (broad SMARTS) is 1. The molecule has 0 aliphatic carbocycles. The van der Waals surface area contributed by atoms with E-state index in [2.05, 4.69) is 5.32 Å². The van der Waals surface area contributed by atoms with Gasteiger partial charge in [-0.1, -0.05) is 61.0 Å². The molecular formula is C30H33N3O7. The summed E-state index contributed by atoms with van der Waals surface area (Å²) in [7, 11) is 0. The van der Waals surface area contributed by atoms with Gasteiger partial charge in [0.25, 0.3) is 0 Å². The van der Waals surface area contributed by atoms with Crippen molar-refractivity contribution in [2.24, 2.45) is 0 Å².